The zero-order valence-corrected chi connectivity index (χ0v) is 13.3. The van der Waals surface area contributed by atoms with Crippen LogP contribution in [0.2, 0.25) is 0 Å². The number of aryl methyl sites for hydroxylation is 1. The van der Waals surface area contributed by atoms with E-state index < -0.39 is 0 Å². The summed E-state index contributed by atoms with van der Waals surface area (Å²) >= 11 is 0. The van der Waals surface area contributed by atoms with Crippen LogP contribution in [0.5, 0.6) is 0 Å². The van der Waals surface area contributed by atoms with E-state index in [1.807, 2.05) is 24.0 Å². The fourth-order valence-corrected chi connectivity index (χ4v) is 2.95. The number of nitrogens with zero attached hydrogens (tertiary/aromatic N) is 8. The maximum Gasteiger partial charge on any atom is 0.183 e. The normalized spacial score (nSPS) is 15.8. The van der Waals surface area contributed by atoms with Crippen LogP contribution in [0.3, 0.4) is 0 Å². The van der Waals surface area contributed by atoms with Crippen molar-refractivity contribution in [1.82, 2.24) is 29.8 Å². The molecule has 1 saturated heterocycles. The SMILES string of the molecule is Cc1nnc2ccc(N3CCCN(c4ncncc4F)CC3)nn12. The van der Waals surface area contributed by atoms with Gasteiger partial charge in [-0.1, -0.05) is 0 Å². The van der Waals surface area contributed by atoms with Gasteiger partial charge in [-0.3, -0.25) is 0 Å². The van der Waals surface area contributed by atoms with Gasteiger partial charge in [0.15, 0.2) is 23.1 Å². The predicted molar refractivity (Wildman–Crippen MR) is 86.6 cm³/mol. The van der Waals surface area contributed by atoms with E-state index in [1.54, 1.807) is 4.52 Å². The molecular weight excluding hydrogens is 311 g/mol. The van der Waals surface area contributed by atoms with Crippen LogP contribution in [0.25, 0.3) is 5.65 Å². The zero-order chi connectivity index (χ0) is 16.5. The van der Waals surface area contributed by atoms with Crippen molar-refractivity contribution in [3.8, 4) is 0 Å². The first-order chi connectivity index (χ1) is 11.7. The molecule has 1 fully saturated rings. The number of halogens is 1. The molecule has 4 heterocycles. The van der Waals surface area contributed by atoms with Gasteiger partial charge in [0.2, 0.25) is 0 Å². The second-order valence-corrected chi connectivity index (χ2v) is 5.73. The first kappa shape index (κ1) is 14.7. The minimum Gasteiger partial charge on any atom is -0.353 e. The van der Waals surface area contributed by atoms with Gasteiger partial charge in [-0.2, -0.15) is 4.52 Å². The lowest BCUT2D eigenvalue weighted by Crippen LogP contribution is -2.32. The van der Waals surface area contributed by atoms with E-state index in [-0.39, 0.29) is 5.82 Å². The van der Waals surface area contributed by atoms with E-state index in [0.717, 1.165) is 43.3 Å². The Morgan fingerprint density at radius 2 is 1.88 bits per heavy atom. The molecule has 0 atom stereocenters. The Bertz CT molecular complexity index is 864. The molecule has 0 unspecified atom stereocenters. The standard InChI is InChI=1S/C15H17FN8/c1-11-19-20-13-3-4-14(21-24(11)13)22-5-2-6-23(8-7-22)15-12(16)9-17-10-18-15/h3-4,9-10H,2,5-8H2,1H3. The van der Waals surface area contributed by atoms with Crippen molar-refractivity contribution in [3.05, 3.63) is 36.3 Å². The largest absolute Gasteiger partial charge is 0.353 e. The summed E-state index contributed by atoms with van der Waals surface area (Å²) in [6.45, 7) is 4.89. The average Bonchev–Trinajstić information content (AvgIpc) is 2.82. The van der Waals surface area contributed by atoms with E-state index in [4.69, 9.17) is 0 Å². The smallest absolute Gasteiger partial charge is 0.183 e. The second-order valence-electron chi connectivity index (χ2n) is 5.73. The highest BCUT2D eigenvalue weighted by Gasteiger charge is 2.20. The van der Waals surface area contributed by atoms with Gasteiger partial charge in [-0.15, -0.1) is 15.3 Å². The monoisotopic (exact) mass is 328 g/mol. The lowest BCUT2D eigenvalue weighted by atomic mass is 10.3. The third-order valence-corrected chi connectivity index (χ3v) is 4.17. The molecular formula is C15H17FN8. The summed E-state index contributed by atoms with van der Waals surface area (Å²) in [6, 6.07) is 3.86. The van der Waals surface area contributed by atoms with Crippen molar-refractivity contribution in [2.45, 2.75) is 13.3 Å². The van der Waals surface area contributed by atoms with Gasteiger partial charge in [-0.05, 0) is 25.5 Å². The fourth-order valence-electron chi connectivity index (χ4n) is 2.95. The topological polar surface area (TPSA) is 75.3 Å². The highest BCUT2D eigenvalue weighted by Crippen LogP contribution is 2.19. The Hall–Kier alpha value is -2.84. The molecule has 0 spiro atoms. The summed E-state index contributed by atoms with van der Waals surface area (Å²) in [5.74, 6) is 1.61. The van der Waals surface area contributed by atoms with E-state index in [2.05, 4.69) is 30.2 Å². The van der Waals surface area contributed by atoms with Gasteiger partial charge in [-0.25, -0.2) is 14.4 Å². The van der Waals surface area contributed by atoms with Gasteiger partial charge in [0.25, 0.3) is 0 Å². The third-order valence-electron chi connectivity index (χ3n) is 4.17. The lowest BCUT2D eigenvalue weighted by molar-refractivity contribution is 0.602. The molecule has 0 radical (unpaired) electrons. The van der Waals surface area contributed by atoms with E-state index >= 15 is 0 Å². The van der Waals surface area contributed by atoms with Crippen LogP contribution in [0, 0.1) is 12.7 Å². The van der Waals surface area contributed by atoms with Crippen LogP contribution in [-0.4, -0.2) is 56.0 Å². The number of rotatable bonds is 2. The maximum atomic E-state index is 13.9. The molecule has 1 aliphatic heterocycles. The number of anilines is 2. The van der Waals surface area contributed by atoms with Crippen LogP contribution >= 0.6 is 0 Å². The highest BCUT2D eigenvalue weighted by atomic mass is 19.1. The van der Waals surface area contributed by atoms with Crippen molar-refractivity contribution in [1.29, 1.82) is 0 Å². The first-order valence-corrected chi connectivity index (χ1v) is 7.87. The van der Waals surface area contributed by atoms with Crippen molar-refractivity contribution >= 4 is 17.3 Å². The molecule has 24 heavy (non-hydrogen) atoms. The third kappa shape index (κ3) is 2.61. The Morgan fingerprint density at radius 3 is 2.75 bits per heavy atom. The Balaban J connectivity index is 1.55. The Kier molecular flexibility index (Phi) is 3.68. The molecule has 0 saturated carbocycles. The molecule has 0 amide bonds. The second kappa shape index (κ2) is 5.99. The zero-order valence-electron chi connectivity index (χ0n) is 13.3. The van der Waals surface area contributed by atoms with E-state index in [9.17, 15) is 4.39 Å². The van der Waals surface area contributed by atoms with Crippen molar-refractivity contribution in [3.63, 3.8) is 0 Å². The number of aromatic nitrogens is 6. The van der Waals surface area contributed by atoms with Crippen LogP contribution in [0.1, 0.15) is 12.2 Å². The average molecular weight is 328 g/mol. The quantitative estimate of drug-likeness (QED) is 0.697. The summed E-state index contributed by atoms with van der Waals surface area (Å²) in [5.41, 5.74) is 0.732. The molecule has 3 aromatic heterocycles. The van der Waals surface area contributed by atoms with Crippen molar-refractivity contribution in [2.75, 3.05) is 36.0 Å². The van der Waals surface area contributed by atoms with Gasteiger partial charge >= 0.3 is 0 Å². The number of hydrogen-bond donors (Lipinski definition) is 0. The summed E-state index contributed by atoms with van der Waals surface area (Å²) < 4.78 is 15.6. The molecule has 0 aliphatic carbocycles. The lowest BCUT2D eigenvalue weighted by Gasteiger charge is -2.23. The van der Waals surface area contributed by atoms with Crippen LogP contribution in [0.15, 0.2) is 24.7 Å². The molecule has 124 valence electrons. The molecule has 8 nitrogen and oxygen atoms in total. The Morgan fingerprint density at radius 1 is 1.04 bits per heavy atom. The van der Waals surface area contributed by atoms with Gasteiger partial charge in [0.1, 0.15) is 12.1 Å². The summed E-state index contributed by atoms with van der Waals surface area (Å²) in [4.78, 5) is 11.9. The number of fused-ring (bicyclic) bond motifs is 1. The van der Waals surface area contributed by atoms with Crippen LogP contribution in [-0.2, 0) is 0 Å². The number of hydrogen-bond acceptors (Lipinski definition) is 7. The molecule has 4 rings (SSSR count). The van der Waals surface area contributed by atoms with E-state index in [0.29, 0.717) is 12.4 Å². The van der Waals surface area contributed by atoms with Crippen molar-refractivity contribution < 1.29 is 4.39 Å². The van der Waals surface area contributed by atoms with Gasteiger partial charge < -0.3 is 9.80 Å². The predicted octanol–water partition coefficient (Wildman–Crippen LogP) is 1.08. The molecule has 0 aromatic carbocycles. The summed E-state index contributed by atoms with van der Waals surface area (Å²) in [5, 5.41) is 12.7. The Labute approximate surface area is 138 Å². The minimum absolute atomic E-state index is 0.366. The fraction of sp³-hybridized carbons (Fsp3) is 0.400. The van der Waals surface area contributed by atoms with Crippen LogP contribution < -0.4 is 9.80 Å². The van der Waals surface area contributed by atoms with Crippen LogP contribution in [0.4, 0.5) is 16.0 Å². The molecule has 0 N–H and O–H groups in total. The molecule has 1 aliphatic rings. The van der Waals surface area contributed by atoms with Crippen molar-refractivity contribution in [2.24, 2.45) is 0 Å². The molecule has 0 bridgehead atoms. The maximum absolute atomic E-state index is 13.9. The van der Waals surface area contributed by atoms with Gasteiger partial charge in [0.05, 0.1) is 6.20 Å². The summed E-state index contributed by atoms with van der Waals surface area (Å²) in [7, 11) is 0. The van der Waals surface area contributed by atoms with Gasteiger partial charge in [0, 0.05) is 26.2 Å². The first-order valence-electron chi connectivity index (χ1n) is 7.87. The minimum atomic E-state index is -0.384. The summed E-state index contributed by atoms with van der Waals surface area (Å²) in [6.07, 6.45) is 3.48. The van der Waals surface area contributed by atoms with E-state index in [1.165, 1.54) is 12.5 Å². The molecule has 3 aromatic rings. The highest BCUT2D eigenvalue weighted by molar-refractivity contribution is 5.47. The molecule has 9 heteroatoms.